The van der Waals surface area contributed by atoms with Gasteiger partial charge < -0.3 is 10.2 Å². The molecule has 1 N–H and O–H groups in total. The van der Waals surface area contributed by atoms with Gasteiger partial charge in [-0.3, -0.25) is 4.79 Å². The van der Waals surface area contributed by atoms with E-state index in [4.69, 9.17) is 0 Å². The van der Waals surface area contributed by atoms with Crippen LogP contribution in [-0.2, 0) is 0 Å². The van der Waals surface area contributed by atoms with Crippen molar-refractivity contribution in [2.75, 3.05) is 18.4 Å². The summed E-state index contributed by atoms with van der Waals surface area (Å²) in [5.41, 5.74) is 1.83. The minimum absolute atomic E-state index is 0.106. The second-order valence-corrected chi connectivity index (χ2v) is 4.69. The first-order valence-electron chi connectivity index (χ1n) is 6.75. The Morgan fingerprint density at radius 2 is 1.83 bits per heavy atom. The molecule has 0 heterocycles. The molecule has 0 atom stereocenters. The largest absolute Gasteiger partial charge is 0.385 e. The lowest BCUT2D eigenvalue weighted by atomic mass is 10.1. The van der Waals surface area contributed by atoms with E-state index in [-0.39, 0.29) is 11.9 Å². The van der Waals surface area contributed by atoms with Gasteiger partial charge >= 0.3 is 0 Å². The van der Waals surface area contributed by atoms with Crippen LogP contribution >= 0.6 is 0 Å². The third-order valence-electron chi connectivity index (χ3n) is 2.94. The number of rotatable bonds is 6. The predicted molar refractivity (Wildman–Crippen MR) is 77.1 cm³/mol. The maximum absolute atomic E-state index is 12.2. The molecule has 3 heteroatoms. The number of carbonyl (C=O) groups excluding carboxylic acids is 1. The monoisotopic (exact) mass is 248 g/mol. The Morgan fingerprint density at radius 3 is 2.28 bits per heavy atom. The summed E-state index contributed by atoms with van der Waals surface area (Å²) >= 11 is 0. The summed E-state index contributed by atoms with van der Waals surface area (Å²) in [4.78, 5) is 14.1. The minimum atomic E-state index is 0.106. The summed E-state index contributed by atoms with van der Waals surface area (Å²) in [6.07, 6.45) is 1.09. The molecule has 18 heavy (non-hydrogen) atoms. The highest BCUT2D eigenvalue weighted by atomic mass is 16.2. The third kappa shape index (κ3) is 3.76. The molecule has 0 aliphatic rings. The van der Waals surface area contributed by atoms with E-state index in [2.05, 4.69) is 12.2 Å². The van der Waals surface area contributed by atoms with Gasteiger partial charge in [0.15, 0.2) is 0 Å². The molecule has 0 aliphatic heterocycles. The molecule has 0 spiro atoms. The van der Waals surface area contributed by atoms with E-state index in [1.807, 2.05) is 49.9 Å². The van der Waals surface area contributed by atoms with Crippen LogP contribution in [0.25, 0.3) is 0 Å². The lowest BCUT2D eigenvalue weighted by molar-refractivity contribution is 0.0717. The highest BCUT2D eigenvalue weighted by Gasteiger charge is 2.16. The van der Waals surface area contributed by atoms with Crippen LogP contribution in [0.2, 0.25) is 0 Å². The Balaban J connectivity index is 2.75. The van der Waals surface area contributed by atoms with Crippen molar-refractivity contribution in [2.24, 2.45) is 0 Å². The normalized spacial score (nSPS) is 10.5. The second-order valence-electron chi connectivity index (χ2n) is 4.69. The number of carbonyl (C=O) groups is 1. The van der Waals surface area contributed by atoms with Crippen LogP contribution in [0.4, 0.5) is 5.69 Å². The zero-order valence-electron chi connectivity index (χ0n) is 11.9. The first-order chi connectivity index (χ1) is 8.60. The van der Waals surface area contributed by atoms with Crippen LogP contribution in [0.3, 0.4) is 0 Å². The molecule has 0 saturated heterocycles. The number of benzene rings is 1. The summed E-state index contributed by atoms with van der Waals surface area (Å²) in [6, 6.07) is 7.96. The van der Waals surface area contributed by atoms with Crippen molar-refractivity contribution >= 4 is 11.6 Å². The van der Waals surface area contributed by atoms with Gasteiger partial charge in [-0.15, -0.1) is 0 Å². The Bertz CT molecular complexity index is 371. The molecule has 1 aromatic carbocycles. The predicted octanol–water partition coefficient (Wildman–Crippen LogP) is 3.38. The van der Waals surface area contributed by atoms with Gasteiger partial charge in [0.1, 0.15) is 0 Å². The first-order valence-corrected chi connectivity index (χ1v) is 6.75. The highest BCUT2D eigenvalue weighted by molar-refractivity contribution is 5.94. The quantitative estimate of drug-likeness (QED) is 0.837. The Hall–Kier alpha value is -1.51. The van der Waals surface area contributed by atoms with Crippen molar-refractivity contribution < 1.29 is 4.79 Å². The smallest absolute Gasteiger partial charge is 0.254 e. The summed E-state index contributed by atoms with van der Waals surface area (Å²) in [7, 11) is 0. The summed E-state index contributed by atoms with van der Waals surface area (Å²) < 4.78 is 0. The van der Waals surface area contributed by atoms with Crippen molar-refractivity contribution in [3.63, 3.8) is 0 Å². The van der Waals surface area contributed by atoms with Crippen LogP contribution in [0.5, 0.6) is 0 Å². The van der Waals surface area contributed by atoms with Crippen molar-refractivity contribution in [3.05, 3.63) is 29.8 Å². The fourth-order valence-electron chi connectivity index (χ4n) is 1.91. The minimum Gasteiger partial charge on any atom is -0.385 e. The van der Waals surface area contributed by atoms with Crippen molar-refractivity contribution in [3.8, 4) is 0 Å². The van der Waals surface area contributed by atoms with Crippen LogP contribution in [-0.4, -0.2) is 29.9 Å². The number of amides is 1. The highest BCUT2D eigenvalue weighted by Crippen LogP contribution is 2.13. The van der Waals surface area contributed by atoms with Crippen molar-refractivity contribution in [2.45, 2.75) is 40.2 Å². The van der Waals surface area contributed by atoms with Gasteiger partial charge in [-0.1, -0.05) is 6.92 Å². The molecule has 0 radical (unpaired) electrons. The number of anilines is 1. The zero-order valence-corrected chi connectivity index (χ0v) is 11.9. The fraction of sp³-hybridized carbons (Fsp3) is 0.533. The number of nitrogens with one attached hydrogen (secondary N) is 1. The van der Waals surface area contributed by atoms with E-state index in [0.717, 1.165) is 30.8 Å². The topological polar surface area (TPSA) is 32.3 Å². The van der Waals surface area contributed by atoms with Gasteiger partial charge in [-0.05, 0) is 51.5 Å². The molecule has 0 fully saturated rings. The van der Waals surface area contributed by atoms with E-state index >= 15 is 0 Å². The van der Waals surface area contributed by atoms with E-state index in [0.29, 0.717) is 0 Å². The lowest BCUT2D eigenvalue weighted by Gasteiger charge is -2.25. The van der Waals surface area contributed by atoms with E-state index in [1.165, 1.54) is 0 Å². The Kier molecular flexibility index (Phi) is 5.69. The maximum Gasteiger partial charge on any atom is 0.254 e. The van der Waals surface area contributed by atoms with Crippen LogP contribution in [0.15, 0.2) is 24.3 Å². The standard InChI is InChI=1S/C15H24N2O/c1-5-11-16-14-9-7-13(8-10-14)15(18)17(6-2)12(3)4/h7-10,12,16H,5-6,11H2,1-4H3. The molecule has 1 aromatic rings. The van der Waals surface area contributed by atoms with Crippen LogP contribution < -0.4 is 5.32 Å². The SMILES string of the molecule is CCCNc1ccc(C(=O)N(CC)C(C)C)cc1. The van der Waals surface area contributed by atoms with E-state index in [1.54, 1.807) is 0 Å². The molecule has 0 bridgehead atoms. The number of hydrogen-bond acceptors (Lipinski definition) is 2. The summed E-state index contributed by atoms with van der Waals surface area (Å²) in [5.74, 6) is 0.106. The van der Waals surface area contributed by atoms with Gasteiger partial charge in [0.05, 0.1) is 0 Å². The first kappa shape index (κ1) is 14.6. The van der Waals surface area contributed by atoms with Gasteiger partial charge in [-0.25, -0.2) is 0 Å². The van der Waals surface area contributed by atoms with Crippen LogP contribution in [0.1, 0.15) is 44.5 Å². The van der Waals surface area contributed by atoms with Crippen molar-refractivity contribution in [1.82, 2.24) is 4.90 Å². The summed E-state index contributed by atoms with van der Waals surface area (Å²) in [6.45, 7) is 9.92. The Labute approximate surface area is 110 Å². The molecule has 1 amide bonds. The molecule has 0 aliphatic carbocycles. The van der Waals surface area contributed by atoms with Gasteiger partial charge in [0.2, 0.25) is 0 Å². The summed E-state index contributed by atoms with van der Waals surface area (Å²) in [5, 5.41) is 3.30. The molecule has 100 valence electrons. The van der Waals surface area contributed by atoms with Gasteiger partial charge in [0, 0.05) is 30.4 Å². The van der Waals surface area contributed by atoms with E-state index < -0.39 is 0 Å². The number of nitrogens with zero attached hydrogens (tertiary/aromatic N) is 1. The number of hydrogen-bond donors (Lipinski definition) is 1. The lowest BCUT2D eigenvalue weighted by Crippen LogP contribution is -2.36. The molecule has 0 unspecified atom stereocenters. The molecule has 1 rings (SSSR count). The molecule has 0 saturated carbocycles. The van der Waals surface area contributed by atoms with Gasteiger partial charge in [0.25, 0.3) is 5.91 Å². The van der Waals surface area contributed by atoms with E-state index in [9.17, 15) is 4.79 Å². The second kappa shape index (κ2) is 7.04. The molecular formula is C15H24N2O. The average molecular weight is 248 g/mol. The van der Waals surface area contributed by atoms with Crippen molar-refractivity contribution in [1.29, 1.82) is 0 Å². The maximum atomic E-state index is 12.2. The van der Waals surface area contributed by atoms with Crippen LogP contribution in [0, 0.1) is 0 Å². The molecule has 3 nitrogen and oxygen atoms in total. The molecular weight excluding hydrogens is 224 g/mol. The Morgan fingerprint density at radius 1 is 1.22 bits per heavy atom. The van der Waals surface area contributed by atoms with Gasteiger partial charge in [-0.2, -0.15) is 0 Å². The fourth-order valence-corrected chi connectivity index (χ4v) is 1.91. The average Bonchev–Trinajstić information content (AvgIpc) is 2.37. The zero-order chi connectivity index (χ0) is 13.5. The third-order valence-corrected chi connectivity index (χ3v) is 2.94. The molecule has 0 aromatic heterocycles.